The van der Waals surface area contributed by atoms with Gasteiger partial charge >= 0.3 is 0 Å². The molecule has 5 heteroatoms. The second kappa shape index (κ2) is 16.8. The zero-order chi connectivity index (χ0) is 28.7. The Morgan fingerprint density at radius 3 is 2.59 bits per heavy atom. The number of halogens is 1. The van der Waals surface area contributed by atoms with Crippen LogP contribution in [0.15, 0.2) is 59.9 Å². The summed E-state index contributed by atoms with van der Waals surface area (Å²) >= 11 is 0. The molecule has 1 aromatic carbocycles. The van der Waals surface area contributed by atoms with E-state index in [1.54, 1.807) is 6.07 Å². The van der Waals surface area contributed by atoms with Crippen molar-refractivity contribution in [2.24, 2.45) is 10.4 Å². The van der Waals surface area contributed by atoms with Crippen LogP contribution in [0.5, 0.6) is 5.75 Å². The highest BCUT2D eigenvalue weighted by Gasteiger charge is 2.17. The SMILES string of the molecule is C=C(CCCC(C)(C)CCC)/C(=C\N=C(C)CCC=O)c1ccc(CCCOc2c(F)cccc2CC)cn1. The Morgan fingerprint density at radius 2 is 1.92 bits per heavy atom. The van der Waals surface area contributed by atoms with E-state index in [1.807, 2.05) is 38.4 Å². The van der Waals surface area contributed by atoms with Gasteiger partial charge in [-0.2, -0.15) is 0 Å². The van der Waals surface area contributed by atoms with Crippen LogP contribution >= 0.6 is 0 Å². The van der Waals surface area contributed by atoms with E-state index >= 15 is 0 Å². The first-order valence-electron chi connectivity index (χ1n) is 14.4. The number of carbonyl (C=O) groups excluding carboxylic acids is 1. The van der Waals surface area contributed by atoms with Crippen molar-refractivity contribution >= 4 is 17.6 Å². The summed E-state index contributed by atoms with van der Waals surface area (Å²) in [6.07, 6.45) is 13.6. The second-order valence-corrected chi connectivity index (χ2v) is 11.1. The molecule has 0 unspecified atom stereocenters. The fourth-order valence-corrected chi connectivity index (χ4v) is 4.74. The van der Waals surface area contributed by atoms with Crippen LogP contribution in [0.4, 0.5) is 4.39 Å². The Labute approximate surface area is 235 Å². The fourth-order valence-electron chi connectivity index (χ4n) is 4.74. The first-order valence-corrected chi connectivity index (χ1v) is 14.4. The van der Waals surface area contributed by atoms with Crippen molar-refractivity contribution in [3.05, 3.63) is 77.5 Å². The molecular formula is C34H47FN2O2. The molecule has 0 atom stereocenters. The number of aldehydes is 1. The number of aromatic nitrogens is 1. The van der Waals surface area contributed by atoms with Gasteiger partial charge < -0.3 is 9.53 Å². The van der Waals surface area contributed by atoms with E-state index in [2.05, 4.69) is 38.4 Å². The number of ether oxygens (including phenoxy) is 1. The van der Waals surface area contributed by atoms with Gasteiger partial charge in [0.25, 0.3) is 0 Å². The van der Waals surface area contributed by atoms with E-state index in [0.717, 1.165) is 78.5 Å². The number of hydrogen-bond donors (Lipinski definition) is 0. The molecule has 2 aromatic rings. The molecule has 0 spiro atoms. The number of hydrogen-bond acceptors (Lipinski definition) is 4. The molecule has 0 bridgehead atoms. The van der Waals surface area contributed by atoms with Gasteiger partial charge in [0.2, 0.25) is 0 Å². The minimum atomic E-state index is -0.308. The highest BCUT2D eigenvalue weighted by molar-refractivity contribution is 5.86. The molecule has 0 aliphatic rings. The average molecular weight is 535 g/mol. The number of para-hydroxylation sites is 1. The lowest BCUT2D eigenvalue weighted by atomic mass is 9.82. The number of rotatable bonds is 18. The molecule has 0 fully saturated rings. The van der Waals surface area contributed by atoms with Crippen molar-refractivity contribution in [2.45, 2.75) is 98.8 Å². The van der Waals surface area contributed by atoms with Gasteiger partial charge in [0.15, 0.2) is 11.6 Å². The maximum absolute atomic E-state index is 14.1. The number of carbonyl (C=O) groups is 1. The highest BCUT2D eigenvalue weighted by atomic mass is 19.1. The molecule has 0 aliphatic carbocycles. The average Bonchev–Trinajstić information content (AvgIpc) is 2.91. The number of allylic oxidation sites excluding steroid dienone is 2. The van der Waals surface area contributed by atoms with E-state index in [1.165, 1.54) is 18.9 Å². The lowest BCUT2D eigenvalue weighted by molar-refractivity contribution is -0.107. The number of benzene rings is 1. The first-order chi connectivity index (χ1) is 18.7. The zero-order valence-corrected chi connectivity index (χ0v) is 24.7. The summed E-state index contributed by atoms with van der Waals surface area (Å²) in [5, 5.41) is 0. The Bertz CT molecular complexity index is 1120. The summed E-state index contributed by atoms with van der Waals surface area (Å²) in [6.45, 7) is 15.7. The molecule has 0 N–H and O–H groups in total. The van der Waals surface area contributed by atoms with Crippen molar-refractivity contribution < 1.29 is 13.9 Å². The smallest absolute Gasteiger partial charge is 0.165 e. The number of aryl methyl sites for hydroxylation is 2. The lowest BCUT2D eigenvalue weighted by Crippen LogP contribution is -2.10. The molecule has 0 saturated carbocycles. The molecule has 0 amide bonds. The summed E-state index contributed by atoms with van der Waals surface area (Å²) in [6, 6.07) is 9.17. The molecule has 4 nitrogen and oxygen atoms in total. The van der Waals surface area contributed by atoms with Gasteiger partial charge in [-0.1, -0.05) is 58.9 Å². The molecule has 0 aliphatic heterocycles. The first kappa shape index (κ1) is 32.1. The predicted molar refractivity (Wildman–Crippen MR) is 162 cm³/mol. The van der Waals surface area contributed by atoms with Gasteiger partial charge in [-0.3, -0.25) is 9.98 Å². The lowest BCUT2D eigenvalue weighted by Gasteiger charge is -2.24. The van der Waals surface area contributed by atoms with Crippen molar-refractivity contribution in [2.75, 3.05) is 6.61 Å². The molecule has 1 aromatic heterocycles. The quantitative estimate of drug-likeness (QED) is 0.0829. The van der Waals surface area contributed by atoms with Gasteiger partial charge in [-0.25, -0.2) is 4.39 Å². The van der Waals surface area contributed by atoms with Crippen LogP contribution < -0.4 is 4.74 Å². The van der Waals surface area contributed by atoms with Crippen LogP contribution in [0.3, 0.4) is 0 Å². The number of aliphatic imine (C=N–C) groups is 1. The van der Waals surface area contributed by atoms with Gasteiger partial charge in [0.05, 0.1) is 12.3 Å². The van der Waals surface area contributed by atoms with Crippen LogP contribution in [0.25, 0.3) is 5.57 Å². The van der Waals surface area contributed by atoms with Crippen molar-refractivity contribution in [3.8, 4) is 5.75 Å². The Balaban J connectivity index is 2.06. The minimum absolute atomic E-state index is 0.308. The molecule has 0 radical (unpaired) electrons. The van der Waals surface area contributed by atoms with Crippen molar-refractivity contribution in [3.63, 3.8) is 0 Å². The fraction of sp³-hybridized carbons (Fsp3) is 0.500. The monoisotopic (exact) mass is 534 g/mol. The van der Waals surface area contributed by atoms with Crippen LogP contribution in [0.1, 0.15) is 103 Å². The van der Waals surface area contributed by atoms with Crippen LogP contribution in [-0.4, -0.2) is 23.6 Å². The standard InChI is InChI=1S/C34H47FN2O2/c1-7-20-34(5,6)21-10-13-26(3)30(25-36-27(4)14-11-22-38)32-19-18-28(24-37-32)15-12-23-39-33-29(8-2)16-9-17-31(33)35/h9,16-19,22,24-25H,3,7-8,10-15,20-21,23H2,1-2,4-6H3/b30-25+,36-27?. The maximum atomic E-state index is 14.1. The number of pyridine rings is 1. The van der Waals surface area contributed by atoms with E-state index < -0.39 is 0 Å². The van der Waals surface area contributed by atoms with Crippen LogP contribution in [-0.2, 0) is 17.6 Å². The third-order valence-corrected chi connectivity index (χ3v) is 7.06. The molecule has 39 heavy (non-hydrogen) atoms. The second-order valence-electron chi connectivity index (χ2n) is 11.1. The molecular weight excluding hydrogens is 487 g/mol. The molecule has 0 saturated heterocycles. The highest BCUT2D eigenvalue weighted by Crippen LogP contribution is 2.32. The molecule has 212 valence electrons. The molecule has 1 heterocycles. The van der Waals surface area contributed by atoms with Gasteiger partial charge in [0.1, 0.15) is 6.29 Å². The zero-order valence-electron chi connectivity index (χ0n) is 24.7. The predicted octanol–water partition coefficient (Wildman–Crippen LogP) is 9.13. The van der Waals surface area contributed by atoms with Crippen LogP contribution in [0.2, 0.25) is 0 Å². The van der Waals surface area contributed by atoms with Crippen molar-refractivity contribution in [1.82, 2.24) is 4.98 Å². The normalized spacial score (nSPS) is 12.5. The van der Waals surface area contributed by atoms with Crippen LogP contribution in [0, 0.1) is 11.2 Å². The summed E-state index contributed by atoms with van der Waals surface area (Å²) in [5.74, 6) is 0.0572. The van der Waals surface area contributed by atoms with Crippen molar-refractivity contribution in [1.29, 1.82) is 0 Å². The van der Waals surface area contributed by atoms with E-state index in [-0.39, 0.29) is 5.82 Å². The Hall–Kier alpha value is -3.08. The van der Waals surface area contributed by atoms with Gasteiger partial charge in [0, 0.05) is 30.1 Å². The maximum Gasteiger partial charge on any atom is 0.165 e. The summed E-state index contributed by atoms with van der Waals surface area (Å²) in [4.78, 5) is 20.1. The third-order valence-electron chi connectivity index (χ3n) is 7.06. The summed E-state index contributed by atoms with van der Waals surface area (Å²) < 4.78 is 19.9. The van der Waals surface area contributed by atoms with E-state index in [4.69, 9.17) is 9.72 Å². The van der Waals surface area contributed by atoms with E-state index in [0.29, 0.717) is 30.6 Å². The molecule has 2 rings (SSSR count). The number of nitrogens with zero attached hydrogens (tertiary/aromatic N) is 2. The third kappa shape index (κ3) is 11.3. The summed E-state index contributed by atoms with van der Waals surface area (Å²) in [5.41, 5.74) is 6.04. The topological polar surface area (TPSA) is 51.5 Å². The van der Waals surface area contributed by atoms with Gasteiger partial charge in [-0.05, 0) is 92.5 Å². The summed E-state index contributed by atoms with van der Waals surface area (Å²) in [7, 11) is 0. The largest absolute Gasteiger partial charge is 0.490 e. The Morgan fingerprint density at radius 1 is 1.13 bits per heavy atom. The van der Waals surface area contributed by atoms with Gasteiger partial charge in [-0.15, -0.1) is 0 Å². The minimum Gasteiger partial charge on any atom is -0.490 e. The van der Waals surface area contributed by atoms with E-state index in [9.17, 15) is 9.18 Å². The Kier molecular flexibility index (Phi) is 13.8.